The number of carbonyl (C=O) groups is 3. The van der Waals surface area contributed by atoms with Crippen LogP contribution in [-0.4, -0.2) is 60.8 Å². The molecule has 0 atom stereocenters. The number of anilines is 2. The van der Waals surface area contributed by atoms with Crippen LogP contribution in [0.1, 0.15) is 60.5 Å². The predicted octanol–water partition coefficient (Wildman–Crippen LogP) is 5.99. The number of rotatable bonds is 5. The van der Waals surface area contributed by atoms with Gasteiger partial charge in [-0.05, 0) is 70.0 Å². The monoisotopic (exact) mass is 612 g/mol. The van der Waals surface area contributed by atoms with E-state index in [9.17, 15) is 14.4 Å². The Morgan fingerprint density at radius 2 is 1.64 bits per heavy atom. The van der Waals surface area contributed by atoms with Crippen LogP contribution in [0.15, 0.2) is 73.1 Å². The summed E-state index contributed by atoms with van der Waals surface area (Å²) in [6.07, 6.45) is 4.72. The predicted molar refractivity (Wildman–Crippen MR) is 170 cm³/mol. The summed E-state index contributed by atoms with van der Waals surface area (Å²) in [7, 11) is 0. The van der Waals surface area contributed by atoms with Crippen LogP contribution in [0.5, 0.6) is 0 Å². The summed E-state index contributed by atoms with van der Waals surface area (Å²) >= 11 is 6.51. The van der Waals surface area contributed by atoms with Crippen molar-refractivity contribution < 1.29 is 14.4 Å². The largest absolute Gasteiger partial charge is 0.333 e. The molecule has 0 bridgehead atoms. The number of hydrogen-bond acceptors (Lipinski definition) is 5. The number of hydrogen-bond donors (Lipinski definition) is 3. The van der Waals surface area contributed by atoms with Crippen LogP contribution in [0.3, 0.4) is 0 Å². The summed E-state index contributed by atoms with van der Waals surface area (Å²) in [5.74, 6) is -0.719. The van der Waals surface area contributed by atoms with E-state index < -0.39 is 0 Å². The van der Waals surface area contributed by atoms with E-state index in [0.717, 1.165) is 23.7 Å². The van der Waals surface area contributed by atoms with E-state index in [-0.39, 0.29) is 34.4 Å². The summed E-state index contributed by atoms with van der Waals surface area (Å²) < 4.78 is 3.53. The van der Waals surface area contributed by atoms with E-state index in [1.54, 1.807) is 28.9 Å². The zero-order chi connectivity index (χ0) is 31.0. The third-order valence-corrected chi connectivity index (χ3v) is 7.87. The summed E-state index contributed by atoms with van der Waals surface area (Å²) in [5, 5.41) is 18.7. The van der Waals surface area contributed by atoms with Crippen molar-refractivity contribution >= 4 is 57.2 Å². The number of amides is 4. The first-order valence-electron chi connectivity index (χ1n) is 14.5. The van der Waals surface area contributed by atoms with Crippen molar-refractivity contribution in [2.75, 3.05) is 23.7 Å². The molecule has 12 heteroatoms. The molecule has 3 aromatic heterocycles. The first-order chi connectivity index (χ1) is 21.1. The highest BCUT2D eigenvalue weighted by Gasteiger charge is 2.29. The van der Waals surface area contributed by atoms with Gasteiger partial charge in [-0.15, -0.1) is 0 Å². The molecule has 0 aliphatic carbocycles. The number of piperidine rings is 1. The lowest BCUT2D eigenvalue weighted by Gasteiger charge is -2.34. The maximum atomic E-state index is 13.5. The molecule has 4 amide bonds. The fourth-order valence-corrected chi connectivity index (χ4v) is 5.66. The number of pyridine rings is 1. The third kappa shape index (κ3) is 5.96. The second kappa shape index (κ2) is 11.6. The minimum absolute atomic E-state index is 0.0469. The fraction of sp³-hybridized carbons (Fsp3) is 0.281. The van der Waals surface area contributed by atoms with Gasteiger partial charge in [-0.2, -0.15) is 10.2 Å². The van der Waals surface area contributed by atoms with Crippen LogP contribution in [0.2, 0.25) is 5.02 Å². The summed E-state index contributed by atoms with van der Waals surface area (Å²) in [4.78, 5) is 40.9. The van der Waals surface area contributed by atoms with Crippen LogP contribution in [0, 0.1) is 0 Å². The van der Waals surface area contributed by atoms with Gasteiger partial charge in [-0.25, -0.2) is 9.31 Å². The highest BCUT2D eigenvalue weighted by molar-refractivity contribution is 6.34. The van der Waals surface area contributed by atoms with E-state index in [1.165, 1.54) is 6.20 Å². The topological polar surface area (TPSA) is 126 Å². The van der Waals surface area contributed by atoms with Gasteiger partial charge in [0.15, 0.2) is 5.69 Å². The van der Waals surface area contributed by atoms with Crippen molar-refractivity contribution in [2.45, 2.75) is 45.2 Å². The Kier molecular flexibility index (Phi) is 7.73. The number of urea groups is 1. The van der Waals surface area contributed by atoms with Crippen molar-refractivity contribution in [3.8, 4) is 0 Å². The molecule has 44 heavy (non-hydrogen) atoms. The molecule has 1 fully saturated rings. The van der Waals surface area contributed by atoms with Gasteiger partial charge in [0.25, 0.3) is 11.8 Å². The van der Waals surface area contributed by atoms with Gasteiger partial charge in [0, 0.05) is 35.9 Å². The second-order valence-corrected chi connectivity index (χ2v) is 12.3. The highest BCUT2D eigenvalue weighted by Crippen LogP contribution is 2.30. The number of para-hydroxylation sites is 1. The first kappa shape index (κ1) is 29.2. The third-order valence-electron chi connectivity index (χ3n) is 7.55. The highest BCUT2D eigenvalue weighted by atomic mass is 35.5. The molecule has 226 valence electrons. The van der Waals surface area contributed by atoms with Crippen molar-refractivity contribution in [1.82, 2.24) is 29.6 Å². The lowest BCUT2D eigenvalue weighted by atomic mass is 10.0. The number of nitrogens with one attached hydrogen (secondary N) is 3. The zero-order valence-electron chi connectivity index (χ0n) is 24.7. The van der Waals surface area contributed by atoms with Crippen LogP contribution in [0.4, 0.5) is 16.2 Å². The Labute approximate surface area is 259 Å². The van der Waals surface area contributed by atoms with Crippen molar-refractivity contribution in [3.63, 3.8) is 0 Å². The van der Waals surface area contributed by atoms with Crippen LogP contribution >= 0.6 is 11.6 Å². The minimum atomic E-state index is -0.374. The lowest BCUT2D eigenvalue weighted by Crippen LogP contribution is -2.50. The number of aromatic nitrogens is 4. The number of likely N-dealkylation sites (tertiary alicyclic amines) is 1. The van der Waals surface area contributed by atoms with Gasteiger partial charge in [0.05, 0.1) is 39.5 Å². The standard InChI is InChI=1S/C32H33ClN8O3/c1-32(2,3)37-31(44)39-16-13-21(14-17-39)41-27-10-5-4-8-22(27)28(38-41)30(43)35-20-11-12-25(24(33)18-20)36-29(42)23-19-34-40-15-7-6-9-26(23)40/h4-12,15,18-19,21H,13-14,16-17H2,1-3H3,(H,35,43)(H,36,42)(H,37,44). The molecule has 5 aromatic rings. The molecule has 1 aliphatic rings. The minimum Gasteiger partial charge on any atom is -0.333 e. The van der Waals surface area contributed by atoms with Crippen molar-refractivity contribution in [3.05, 3.63) is 89.3 Å². The fourth-order valence-electron chi connectivity index (χ4n) is 5.43. The van der Waals surface area contributed by atoms with E-state index in [0.29, 0.717) is 41.2 Å². The smallest absolute Gasteiger partial charge is 0.317 e. The Bertz CT molecular complexity index is 1880. The van der Waals surface area contributed by atoms with Crippen LogP contribution < -0.4 is 16.0 Å². The Balaban J connectivity index is 1.15. The molecule has 2 aromatic carbocycles. The molecule has 1 aliphatic heterocycles. The van der Waals surface area contributed by atoms with Crippen LogP contribution in [-0.2, 0) is 0 Å². The number of halogens is 1. The number of carbonyl (C=O) groups excluding carboxylic acids is 3. The van der Waals surface area contributed by atoms with E-state index >= 15 is 0 Å². The molecular formula is C32H33ClN8O3. The Hall–Kier alpha value is -4.90. The van der Waals surface area contributed by atoms with E-state index in [1.807, 2.05) is 72.8 Å². The van der Waals surface area contributed by atoms with Gasteiger partial charge in [0.1, 0.15) is 0 Å². The Morgan fingerprint density at radius 3 is 2.39 bits per heavy atom. The number of fused-ring (bicyclic) bond motifs is 2. The average molecular weight is 613 g/mol. The van der Waals surface area contributed by atoms with E-state index in [2.05, 4.69) is 21.0 Å². The summed E-state index contributed by atoms with van der Waals surface area (Å²) in [6, 6.07) is 18.0. The van der Waals surface area contributed by atoms with Gasteiger partial charge >= 0.3 is 6.03 Å². The molecule has 0 spiro atoms. The van der Waals surface area contributed by atoms with Crippen LogP contribution in [0.25, 0.3) is 16.4 Å². The van der Waals surface area contributed by atoms with Gasteiger partial charge in [-0.3, -0.25) is 14.3 Å². The van der Waals surface area contributed by atoms with Crippen molar-refractivity contribution in [2.24, 2.45) is 0 Å². The average Bonchev–Trinajstić information content (AvgIpc) is 3.60. The SMILES string of the molecule is CC(C)(C)NC(=O)N1CCC(n2nc(C(=O)Nc3ccc(NC(=O)c4cnn5ccccc45)c(Cl)c3)c3ccccc32)CC1. The molecule has 0 radical (unpaired) electrons. The number of nitrogens with zero attached hydrogens (tertiary/aromatic N) is 5. The second-order valence-electron chi connectivity index (χ2n) is 11.9. The molecule has 11 nitrogen and oxygen atoms in total. The molecule has 6 rings (SSSR count). The van der Waals surface area contributed by atoms with E-state index in [4.69, 9.17) is 16.7 Å². The molecule has 1 saturated heterocycles. The Morgan fingerprint density at radius 1 is 0.909 bits per heavy atom. The molecule has 0 unspecified atom stereocenters. The first-order valence-corrected chi connectivity index (χ1v) is 14.8. The molecule has 0 saturated carbocycles. The van der Waals surface area contributed by atoms with Crippen molar-refractivity contribution in [1.29, 1.82) is 0 Å². The lowest BCUT2D eigenvalue weighted by molar-refractivity contribution is 0.101. The molecule has 3 N–H and O–H groups in total. The maximum absolute atomic E-state index is 13.5. The van der Waals surface area contributed by atoms with Gasteiger partial charge < -0.3 is 20.9 Å². The van der Waals surface area contributed by atoms with Gasteiger partial charge in [-0.1, -0.05) is 35.9 Å². The molecular weight excluding hydrogens is 580 g/mol. The number of benzene rings is 2. The quantitative estimate of drug-likeness (QED) is 0.225. The summed E-state index contributed by atoms with van der Waals surface area (Å²) in [5.41, 5.74) is 2.82. The molecule has 4 heterocycles. The van der Waals surface area contributed by atoms with Gasteiger partial charge in [0.2, 0.25) is 0 Å². The zero-order valence-corrected chi connectivity index (χ0v) is 25.4. The maximum Gasteiger partial charge on any atom is 0.317 e. The summed E-state index contributed by atoms with van der Waals surface area (Å²) in [6.45, 7) is 7.09. The normalized spacial score (nSPS) is 14.1.